The zero-order chi connectivity index (χ0) is 19.9. The lowest BCUT2D eigenvalue weighted by atomic mass is 9.41. The van der Waals surface area contributed by atoms with Crippen molar-refractivity contribution in [2.24, 2.45) is 0 Å². The van der Waals surface area contributed by atoms with E-state index in [1.54, 1.807) is 19.3 Å². The van der Waals surface area contributed by atoms with Crippen LogP contribution in [0.2, 0.25) is 12.6 Å². The fourth-order valence-corrected chi connectivity index (χ4v) is 5.93. The van der Waals surface area contributed by atoms with E-state index in [1.165, 1.54) is 28.7 Å². The summed E-state index contributed by atoms with van der Waals surface area (Å²) in [6, 6.07) is 1.98. The van der Waals surface area contributed by atoms with Gasteiger partial charge in [-0.2, -0.15) is 0 Å². The van der Waals surface area contributed by atoms with Crippen molar-refractivity contribution in [2.75, 3.05) is 7.05 Å². The van der Waals surface area contributed by atoms with Gasteiger partial charge in [0, 0.05) is 35.2 Å². The number of nitrogens with one attached hydrogen (secondary N) is 2. The van der Waals surface area contributed by atoms with Crippen molar-refractivity contribution < 1.29 is 9.50 Å². The molecule has 1 aliphatic heterocycles. The largest absolute Gasteiger partial charge is 0.393 e. The molecule has 0 bridgehead atoms. The normalized spacial score (nSPS) is 20.9. The lowest BCUT2D eigenvalue weighted by Gasteiger charge is -2.32. The van der Waals surface area contributed by atoms with Gasteiger partial charge in [-0.1, -0.05) is 12.6 Å². The highest BCUT2D eigenvalue weighted by molar-refractivity contribution is 7.27. The Morgan fingerprint density at radius 1 is 1.39 bits per heavy atom. The molecule has 0 atom stereocenters. The van der Waals surface area contributed by atoms with Crippen LogP contribution in [0.15, 0.2) is 35.8 Å². The Hall–Kier alpha value is -2.28. The molecule has 0 amide bonds. The van der Waals surface area contributed by atoms with Crippen LogP contribution in [0, 0.1) is 16.6 Å². The number of aromatic nitrogens is 1. The molecule has 0 aromatic carbocycles. The minimum atomic E-state index is -0.882. The molecule has 1 saturated heterocycles. The predicted molar refractivity (Wildman–Crippen MR) is 114 cm³/mol. The fraction of sp³-hybridized carbons (Fsp3) is 0.316. The van der Waals surface area contributed by atoms with Gasteiger partial charge < -0.3 is 10.4 Å². The number of thiophene rings is 1. The SMILES string of the molecule is CN/C=C1/C=C(c2nc3sc(C4(O)CCB(C#N)CC4)cc3s2)C=C(F)C1=N. The van der Waals surface area contributed by atoms with Crippen molar-refractivity contribution >= 4 is 50.2 Å². The number of allylic oxidation sites excluding steroid dienone is 5. The molecular formula is C19H18BFN4OS2. The molecule has 28 heavy (non-hydrogen) atoms. The van der Waals surface area contributed by atoms with Gasteiger partial charge in [-0.15, -0.1) is 22.7 Å². The summed E-state index contributed by atoms with van der Waals surface area (Å²) < 4.78 is 15.1. The average Bonchev–Trinajstić information content (AvgIpc) is 3.26. The van der Waals surface area contributed by atoms with Gasteiger partial charge in [-0.3, -0.25) is 5.41 Å². The Labute approximate surface area is 170 Å². The van der Waals surface area contributed by atoms with Crippen LogP contribution in [-0.4, -0.2) is 29.6 Å². The number of nitrogens with zero attached hydrogens (tertiary/aromatic N) is 2. The molecule has 2 aliphatic rings. The number of hydrogen-bond donors (Lipinski definition) is 3. The summed E-state index contributed by atoms with van der Waals surface area (Å²) in [7, 11) is 1.71. The van der Waals surface area contributed by atoms with E-state index in [0.29, 0.717) is 41.6 Å². The first-order valence-corrected chi connectivity index (χ1v) is 10.7. The topological polar surface area (TPSA) is 92.8 Å². The Morgan fingerprint density at radius 2 is 2.14 bits per heavy atom. The zero-order valence-electron chi connectivity index (χ0n) is 15.3. The van der Waals surface area contributed by atoms with Gasteiger partial charge >= 0.3 is 0 Å². The van der Waals surface area contributed by atoms with E-state index in [2.05, 4.69) is 16.3 Å². The van der Waals surface area contributed by atoms with Crippen LogP contribution in [0.3, 0.4) is 0 Å². The number of fused-ring (bicyclic) bond motifs is 1. The quantitative estimate of drug-likeness (QED) is 0.657. The molecule has 1 aliphatic carbocycles. The van der Waals surface area contributed by atoms with Crippen molar-refractivity contribution in [3.05, 3.63) is 45.7 Å². The van der Waals surface area contributed by atoms with Crippen LogP contribution >= 0.6 is 22.7 Å². The number of hydrogen-bond acceptors (Lipinski definition) is 7. The second kappa shape index (κ2) is 7.28. The summed E-state index contributed by atoms with van der Waals surface area (Å²) in [6.07, 6.45) is 7.28. The van der Waals surface area contributed by atoms with E-state index in [1.807, 2.05) is 6.07 Å². The number of thiazole rings is 1. The Morgan fingerprint density at radius 3 is 2.79 bits per heavy atom. The summed E-state index contributed by atoms with van der Waals surface area (Å²) in [5.41, 5.74) is 0.0828. The minimum Gasteiger partial charge on any atom is -0.393 e. The maximum Gasteiger partial charge on any atom is 0.268 e. The third-order valence-electron chi connectivity index (χ3n) is 5.21. The highest BCUT2D eigenvalue weighted by Crippen LogP contribution is 2.44. The van der Waals surface area contributed by atoms with Gasteiger partial charge in [0.25, 0.3) is 6.71 Å². The predicted octanol–water partition coefficient (Wildman–Crippen LogP) is 4.27. The third kappa shape index (κ3) is 3.32. The molecule has 1 fully saturated rings. The summed E-state index contributed by atoms with van der Waals surface area (Å²) in [4.78, 5) is 6.35. The van der Waals surface area contributed by atoms with Crippen LogP contribution in [0.25, 0.3) is 15.1 Å². The first kappa shape index (κ1) is 19.1. The summed E-state index contributed by atoms with van der Waals surface area (Å²) in [6.45, 7) is 0.0320. The van der Waals surface area contributed by atoms with Crippen LogP contribution < -0.4 is 5.32 Å². The zero-order valence-corrected chi connectivity index (χ0v) is 16.9. The van der Waals surface area contributed by atoms with Crippen LogP contribution in [-0.2, 0) is 5.60 Å². The second-order valence-electron chi connectivity index (χ2n) is 7.09. The van der Waals surface area contributed by atoms with Crippen molar-refractivity contribution in [2.45, 2.75) is 31.1 Å². The highest BCUT2D eigenvalue weighted by atomic mass is 32.1. The highest BCUT2D eigenvalue weighted by Gasteiger charge is 2.38. The van der Waals surface area contributed by atoms with Crippen LogP contribution in [0.4, 0.5) is 4.39 Å². The molecule has 9 heteroatoms. The first-order chi connectivity index (χ1) is 13.4. The molecule has 142 valence electrons. The van der Waals surface area contributed by atoms with Gasteiger partial charge in [0.15, 0.2) is 0 Å². The number of nitriles is 1. The number of rotatable bonds is 3. The smallest absolute Gasteiger partial charge is 0.268 e. The fourth-order valence-electron chi connectivity index (χ4n) is 3.58. The number of aliphatic hydroxyl groups is 1. The van der Waals surface area contributed by atoms with E-state index in [-0.39, 0.29) is 12.4 Å². The minimum absolute atomic E-state index is 0.0320. The molecule has 5 nitrogen and oxygen atoms in total. The molecule has 0 saturated carbocycles. The average molecular weight is 412 g/mol. The van der Waals surface area contributed by atoms with Gasteiger partial charge in [0.05, 0.1) is 16.0 Å². The van der Waals surface area contributed by atoms with Gasteiger partial charge in [-0.25, -0.2) is 14.6 Å². The standard InChI is InChI=1S/C19H18BFN4OS2/c1-24-9-12-6-11(7-13(21)16(12)23)17-25-18-14(27-17)8-15(28-18)19(26)2-4-20(10-22)5-3-19/h6-9,23-24,26H,2-5H2,1H3/b12-9-,23-16?. The van der Waals surface area contributed by atoms with Crippen molar-refractivity contribution in [1.82, 2.24) is 10.3 Å². The van der Waals surface area contributed by atoms with E-state index in [0.717, 1.165) is 14.4 Å². The maximum atomic E-state index is 14.1. The molecule has 0 radical (unpaired) electrons. The summed E-state index contributed by atoms with van der Waals surface area (Å²) >= 11 is 2.92. The van der Waals surface area contributed by atoms with Crippen molar-refractivity contribution in [1.29, 1.82) is 10.7 Å². The molecule has 0 unspecified atom stereocenters. The molecule has 3 N–H and O–H groups in total. The van der Waals surface area contributed by atoms with Gasteiger partial charge in [-0.05, 0) is 31.1 Å². The van der Waals surface area contributed by atoms with E-state index < -0.39 is 11.4 Å². The Kier molecular flexibility index (Phi) is 4.95. The molecule has 2 aromatic heterocycles. The van der Waals surface area contributed by atoms with E-state index >= 15 is 0 Å². The summed E-state index contributed by atoms with van der Waals surface area (Å²) in [5.74, 6) is 1.71. The lowest BCUT2D eigenvalue weighted by Crippen LogP contribution is -2.33. The molecule has 0 spiro atoms. The van der Waals surface area contributed by atoms with E-state index in [9.17, 15) is 9.50 Å². The van der Waals surface area contributed by atoms with Crippen LogP contribution in [0.5, 0.6) is 0 Å². The van der Waals surface area contributed by atoms with Crippen molar-refractivity contribution in [3.8, 4) is 5.97 Å². The first-order valence-electron chi connectivity index (χ1n) is 9.02. The van der Waals surface area contributed by atoms with E-state index in [4.69, 9.17) is 10.7 Å². The Balaban J connectivity index is 1.63. The molecule has 4 rings (SSSR count). The monoisotopic (exact) mass is 412 g/mol. The maximum absolute atomic E-state index is 14.1. The van der Waals surface area contributed by atoms with Crippen molar-refractivity contribution in [3.63, 3.8) is 0 Å². The second-order valence-corrected chi connectivity index (χ2v) is 9.15. The molecule has 2 aromatic rings. The van der Waals surface area contributed by atoms with Crippen LogP contribution in [0.1, 0.15) is 22.7 Å². The van der Waals surface area contributed by atoms with Gasteiger partial charge in [0.1, 0.15) is 15.7 Å². The molecular weight excluding hydrogens is 394 g/mol. The summed E-state index contributed by atoms with van der Waals surface area (Å²) in [5, 5.41) is 31.4. The number of halogens is 1. The third-order valence-corrected chi connectivity index (χ3v) is 7.61. The van der Waals surface area contributed by atoms with Gasteiger partial charge in [0.2, 0.25) is 0 Å². The Bertz CT molecular complexity index is 1050. The lowest BCUT2D eigenvalue weighted by molar-refractivity contribution is 0.0277. The molecule has 3 heterocycles.